The van der Waals surface area contributed by atoms with Crippen molar-refractivity contribution in [2.24, 2.45) is 0 Å². The summed E-state index contributed by atoms with van der Waals surface area (Å²) in [6, 6.07) is 18.7. The lowest BCUT2D eigenvalue weighted by atomic mass is 10.1. The molecule has 0 radical (unpaired) electrons. The van der Waals surface area contributed by atoms with E-state index in [1.54, 1.807) is 75.4 Å². The van der Waals surface area contributed by atoms with Gasteiger partial charge in [0, 0.05) is 23.1 Å². The van der Waals surface area contributed by atoms with Crippen LogP contribution in [0.2, 0.25) is 10.0 Å². The van der Waals surface area contributed by atoms with E-state index in [0.29, 0.717) is 16.6 Å². The van der Waals surface area contributed by atoms with Gasteiger partial charge in [-0.05, 0) is 68.3 Å². The van der Waals surface area contributed by atoms with Gasteiger partial charge in [0.2, 0.25) is 11.8 Å². The third-order valence-corrected chi connectivity index (χ3v) is 8.29. The average molecular weight is 563 g/mol. The SMILES string of the molecule is CCNC(=O)[C@H](C)N(Cc1ccc(Cl)cc1)C(=O)CN(c1ccc(C)c(Cl)c1)S(=O)(=O)c1ccccc1. The Kier molecular flexibility index (Phi) is 9.59. The van der Waals surface area contributed by atoms with Crippen LogP contribution in [0.25, 0.3) is 0 Å². The summed E-state index contributed by atoms with van der Waals surface area (Å²) in [5.74, 6) is -0.898. The molecule has 2 amide bonds. The number of amides is 2. The van der Waals surface area contributed by atoms with Gasteiger partial charge >= 0.3 is 0 Å². The lowest BCUT2D eigenvalue weighted by molar-refractivity contribution is -0.139. The number of nitrogens with one attached hydrogen (secondary N) is 1. The van der Waals surface area contributed by atoms with E-state index in [0.717, 1.165) is 15.4 Å². The largest absolute Gasteiger partial charge is 0.355 e. The molecule has 37 heavy (non-hydrogen) atoms. The Morgan fingerprint density at radius 1 is 0.973 bits per heavy atom. The fraction of sp³-hybridized carbons (Fsp3) is 0.259. The van der Waals surface area contributed by atoms with Crippen molar-refractivity contribution in [3.05, 3.63) is 94.0 Å². The highest BCUT2D eigenvalue weighted by atomic mass is 35.5. The van der Waals surface area contributed by atoms with E-state index in [2.05, 4.69) is 5.32 Å². The van der Waals surface area contributed by atoms with Crippen LogP contribution in [0.3, 0.4) is 0 Å². The normalized spacial score (nSPS) is 12.0. The minimum absolute atomic E-state index is 0.0283. The maximum absolute atomic E-state index is 13.8. The molecule has 0 fully saturated rings. The smallest absolute Gasteiger partial charge is 0.264 e. The molecule has 0 heterocycles. The second-order valence-corrected chi connectivity index (χ2v) is 11.2. The van der Waals surface area contributed by atoms with Crippen LogP contribution < -0.4 is 9.62 Å². The highest BCUT2D eigenvalue weighted by Gasteiger charge is 2.32. The molecule has 10 heteroatoms. The molecule has 0 unspecified atom stereocenters. The molecule has 0 spiro atoms. The monoisotopic (exact) mass is 561 g/mol. The van der Waals surface area contributed by atoms with Crippen molar-refractivity contribution in [1.82, 2.24) is 10.2 Å². The number of rotatable bonds is 10. The van der Waals surface area contributed by atoms with Crippen molar-refractivity contribution >= 4 is 50.7 Å². The third-order valence-electron chi connectivity index (χ3n) is 5.84. The fourth-order valence-electron chi connectivity index (χ4n) is 3.68. The molecule has 0 saturated heterocycles. The zero-order valence-corrected chi connectivity index (χ0v) is 23.1. The maximum atomic E-state index is 13.8. The number of nitrogens with zero attached hydrogens (tertiary/aromatic N) is 2. The van der Waals surface area contributed by atoms with Crippen molar-refractivity contribution in [2.45, 2.75) is 38.3 Å². The zero-order chi connectivity index (χ0) is 27.2. The summed E-state index contributed by atoms with van der Waals surface area (Å²) < 4.78 is 28.4. The third kappa shape index (κ3) is 7.03. The maximum Gasteiger partial charge on any atom is 0.264 e. The molecule has 196 valence electrons. The first-order valence-electron chi connectivity index (χ1n) is 11.7. The summed E-state index contributed by atoms with van der Waals surface area (Å²) in [7, 11) is -4.14. The van der Waals surface area contributed by atoms with Gasteiger partial charge in [-0.25, -0.2) is 8.42 Å². The Bertz CT molecular complexity index is 1350. The van der Waals surface area contributed by atoms with Crippen molar-refractivity contribution in [3.63, 3.8) is 0 Å². The van der Waals surface area contributed by atoms with E-state index >= 15 is 0 Å². The van der Waals surface area contributed by atoms with Crippen LogP contribution in [0.15, 0.2) is 77.7 Å². The van der Waals surface area contributed by atoms with Crippen LogP contribution in [0, 0.1) is 6.92 Å². The van der Waals surface area contributed by atoms with Crippen LogP contribution in [-0.2, 0) is 26.2 Å². The quantitative estimate of drug-likeness (QED) is 0.375. The van der Waals surface area contributed by atoms with Gasteiger partial charge in [0.15, 0.2) is 0 Å². The van der Waals surface area contributed by atoms with Crippen LogP contribution in [0.1, 0.15) is 25.0 Å². The molecule has 0 aliphatic rings. The number of hydrogen-bond acceptors (Lipinski definition) is 4. The van der Waals surface area contributed by atoms with E-state index in [9.17, 15) is 18.0 Å². The Morgan fingerprint density at radius 2 is 1.62 bits per heavy atom. The standard InChI is InChI=1S/C27H29Cl2N3O4S/c1-4-30-27(34)20(3)31(17-21-11-13-22(28)14-12-21)26(33)18-32(23-15-10-19(2)25(29)16-23)37(35,36)24-8-6-5-7-9-24/h5-16,20H,4,17-18H2,1-3H3,(H,30,34)/t20-/m0/s1. The van der Waals surface area contributed by atoms with Crippen LogP contribution in [-0.4, -0.2) is 44.3 Å². The predicted octanol–water partition coefficient (Wildman–Crippen LogP) is 5.05. The second-order valence-electron chi connectivity index (χ2n) is 8.48. The van der Waals surface area contributed by atoms with Crippen LogP contribution in [0.5, 0.6) is 0 Å². The number of carbonyl (C=O) groups is 2. The van der Waals surface area contributed by atoms with Gasteiger partial charge in [0.05, 0.1) is 10.6 Å². The van der Waals surface area contributed by atoms with Crippen LogP contribution >= 0.6 is 23.2 Å². The molecular formula is C27H29Cl2N3O4S. The van der Waals surface area contributed by atoms with E-state index in [1.165, 1.54) is 23.1 Å². The fourth-order valence-corrected chi connectivity index (χ4v) is 5.40. The Balaban J connectivity index is 2.03. The summed E-state index contributed by atoms with van der Waals surface area (Å²) in [5, 5.41) is 3.63. The predicted molar refractivity (Wildman–Crippen MR) is 147 cm³/mol. The Hall–Kier alpha value is -3.07. The first-order valence-corrected chi connectivity index (χ1v) is 13.9. The number of sulfonamides is 1. The van der Waals surface area contributed by atoms with Crippen molar-refractivity contribution in [1.29, 1.82) is 0 Å². The molecule has 3 aromatic rings. The number of benzene rings is 3. The lowest BCUT2D eigenvalue weighted by Gasteiger charge is -2.32. The Labute approximate surface area is 228 Å². The molecule has 0 bridgehead atoms. The Morgan fingerprint density at radius 3 is 2.22 bits per heavy atom. The van der Waals surface area contributed by atoms with Crippen molar-refractivity contribution in [3.8, 4) is 0 Å². The molecule has 3 rings (SSSR count). The minimum Gasteiger partial charge on any atom is -0.355 e. The summed E-state index contributed by atoms with van der Waals surface area (Å²) in [6.45, 7) is 5.14. The van der Waals surface area contributed by atoms with Gasteiger partial charge in [-0.15, -0.1) is 0 Å². The minimum atomic E-state index is -4.14. The molecule has 1 N–H and O–H groups in total. The first-order chi connectivity index (χ1) is 17.5. The van der Waals surface area contributed by atoms with Crippen molar-refractivity contribution in [2.75, 3.05) is 17.4 Å². The molecule has 0 saturated carbocycles. The summed E-state index contributed by atoms with van der Waals surface area (Å²) in [6.07, 6.45) is 0. The van der Waals surface area contributed by atoms with E-state index in [4.69, 9.17) is 23.2 Å². The average Bonchev–Trinajstić information content (AvgIpc) is 2.88. The first kappa shape index (κ1) is 28.5. The molecule has 0 aromatic heterocycles. The van der Waals surface area contributed by atoms with Gasteiger partial charge in [-0.2, -0.15) is 0 Å². The summed E-state index contributed by atoms with van der Waals surface area (Å²) in [5.41, 5.74) is 1.75. The summed E-state index contributed by atoms with van der Waals surface area (Å²) >= 11 is 12.3. The van der Waals surface area contributed by atoms with Gasteiger partial charge in [-0.3, -0.25) is 13.9 Å². The summed E-state index contributed by atoms with van der Waals surface area (Å²) in [4.78, 5) is 27.9. The number of likely N-dealkylation sites (N-methyl/N-ethyl adjacent to an activating group) is 1. The molecule has 7 nitrogen and oxygen atoms in total. The number of anilines is 1. The lowest BCUT2D eigenvalue weighted by Crippen LogP contribution is -2.51. The van der Waals surface area contributed by atoms with E-state index < -0.39 is 28.5 Å². The van der Waals surface area contributed by atoms with E-state index in [1.807, 2.05) is 0 Å². The number of hydrogen-bond donors (Lipinski definition) is 1. The van der Waals surface area contributed by atoms with Crippen LogP contribution in [0.4, 0.5) is 5.69 Å². The van der Waals surface area contributed by atoms with Gasteiger partial charge in [-0.1, -0.05) is 59.6 Å². The molecular weight excluding hydrogens is 533 g/mol. The molecule has 1 atom stereocenters. The van der Waals surface area contributed by atoms with Crippen molar-refractivity contribution < 1.29 is 18.0 Å². The highest BCUT2D eigenvalue weighted by Crippen LogP contribution is 2.28. The van der Waals surface area contributed by atoms with Gasteiger partial charge in [0.1, 0.15) is 12.6 Å². The van der Waals surface area contributed by atoms with E-state index in [-0.39, 0.29) is 23.0 Å². The van der Waals surface area contributed by atoms with Gasteiger partial charge in [0.25, 0.3) is 10.0 Å². The molecule has 0 aliphatic heterocycles. The molecule has 3 aromatic carbocycles. The number of carbonyl (C=O) groups excluding carboxylic acids is 2. The second kappa shape index (κ2) is 12.4. The van der Waals surface area contributed by atoms with Gasteiger partial charge < -0.3 is 10.2 Å². The zero-order valence-electron chi connectivity index (χ0n) is 20.8. The number of aryl methyl sites for hydroxylation is 1. The number of halogens is 2. The molecule has 0 aliphatic carbocycles. The highest BCUT2D eigenvalue weighted by molar-refractivity contribution is 7.92. The topological polar surface area (TPSA) is 86.8 Å².